The van der Waals surface area contributed by atoms with E-state index in [9.17, 15) is 0 Å². The maximum Gasteiger partial charge on any atom is 0.215 e. The molecule has 0 aromatic heterocycles. The predicted octanol–water partition coefficient (Wildman–Crippen LogP) is 2.52. The van der Waals surface area contributed by atoms with E-state index in [-0.39, 0.29) is 0 Å². The van der Waals surface area contributed by atoms with Gasteiger partial charge in [0.2, 0.25) is 6.54 Å². The van der Waals surface area contributed by atoms with Crippen LogP contribution in [0.25, 0.3) is 4.85 Å². The minimum absolute atomic E-state index is 0.646. The Morgan fingerprint density at radius 3 is 2.65 bits per heavy atom. The summed E-state index contributed by atoms with van der Waals surface area (Å²) in [4.78, 5) is 8.26. The van der Waals surface area contributed by atoms with E-state index in [1.54, 1.807) is 0 Å². The Morgan fingerprint density at radius 1 is 1.20 bits per heavy atom. The van der Waals surface area contributed by atoms with E-state index < -0.39 is 0 Å². The van der Waals surface area contributed by atoms with Gasteiger partial charge in [0.25, 0.3) is 0 Å². The molecule has 0 N–H and O–H groups in total. The van der Waals surface area contributed by atoms with Crippen molar-refractivity contribution in [2.24, 2.45) is 0 Å². The second-order valence-electron chi connectivity index (χ2n) is 4.96. The van der Waals surface area contributed by atoms with Gasteiger partial charge in [-0.3, -0.25) is 4.90 Å². The molecule has 0 radical (unpaired) electrons. The van der Waals surface area contributed by atoms with Crippen molar-refractivity contribution in [1.82, 2.24) is 4.90 Å². The lowest BCUT2D eigenvalue weighted by atomic mass is 10.2. The highest BCUT2D eigenvalue weighted by molar-refractivity contribution is 5.58. The standard InChI is InChI=1S/C16H23N3O/c1-3-20-16-8-5-4-7-15(16)19-13-11-18(12-14-19)10-6-9-17-2/h4-5,7-8H,3,6,9-14H2,1H3. The monoisotopic (exact) mass is 273 g/mol. The molecule has 0 aliphatic carbocycles. The molecule has 4 heteroatoms. The van der Waals surface area contributed by atoms with Gasteiger partial charge in [-0.25, -0.2) is 6.57 Å². The Bertz CT molecular complexity index is 447. The van der Waals surface area contributed by atoms with Gasteiger partial charge in [-0.2, -0.15) is 0 Å². The molecule has 2 rings (SSSR count). The van der Waals surface area contributed by atoms with Crippen molar-refractivity contribution in [1.29, 1.82) is 0 Å². The van der Waals surface area contributed by atoms with E-state index in [0.717, 1.165) is 44.9 Å². The van der Waals surface area contributed by atoms with Crippen LogP contribution in [0.3, 0.4) is 0 Å². The highest BCUT2D eigenvalue weighted by Gasteiger charge is 2.19. The summed E-state index contributed by atoms with van der Waals surface area (Å²) >= 11 is 0. The number of rotatable bonds is 6. The molecule has 0 unspecified atom stereocenters. The largest absolute Gasteiger partial charge is 0.492 e. The first-order valence-corrected chi connectivity index (χ1v) is 7.37. The topological polar surface area (TPSA) is 20.1 Å². The number of ether oxygens (including phenoxy) is 1. The third kappa shape index (κ3) is 3.88. The summed E-state index contributed by atoms with van der Waals surface area (Å²) in [5, 5.41) is 0. The fourth-order valence-electron chi connectivity index (χ4n) is 2.58. The molecule has 0 saturated carbocycles. The minimum Gasteiger partial charge on any atom is -0.492 e. The molecule has 4 nitrogen and oxygen atoms in total. The van der Waals surface area contributed by atoms with Crippen molar-refractivity contribution in [3.8, 4) is 5.75 Å². The van der Waals surface area contributed by atoms with Gasteiger partial charge in [0.05, 0.1) is 12.3 Å². The Balaban J connectivity index is 1.89. The summed E-state index contributed by atoms with van der Waals surface area (Å²) in [5.41, 5.74) is 1.20. The molecule has 0 atom stereocenters. The molecular formula is C16H23N3O. The molecule has 1 saturated heterocycles. The predicted molar refractivity (Wildman–Crippen MR) is 82.4 cm³/mol. The van der Waals surface area contributed by atoms with Crippen LogP contribution >= 0.6 is 0 Å². The summed E-state index contributed by atoms with van der Waals surface area (Å²) in [5.74, 6) is 0.983. The zero-order valence-electron chi connectivity index (χ0n) is 12.2. The number of nitrogens with zero attached hydrogens (tertiary/aromatic N) is 3. The maximum absolute atomic E-state index is 6.81. The molecule has 1 fully saturated rings. The Kier molecular flexibility index (Phi) is 5.69. The van der Waals surface area contributed by atoms with Gasteiger partial charge < -0.3 is 14.5 Å². The Morgan fingerprint density at radius 2 is 1.95 bits per heavy atom. The van der Waals surface area contributed by atoms with E-state index in [0.29, 0.717) is 13.2 Å². The van der Waals surface area contributed by atoms with Gasteiger partial charge in [0, 0.05) is 39.1 Å². The lowest BCUT2D eigenvalue weighted by Gasteiger charge is -2.36. The number of anilines is 1. The number of piperazine rings is 1. The summed E-state index contributed by atoms with van der Waals surface area (Å²) in [7, 11) is 0. The molecule has 0 spiro atoms. The number of benzene rings is 1. The lowest BCUT2D eigenvalue weighted by Crippen LogP contribution is -2.46. The van der Waals surface area contributed by atoms with Crippen LogP contribution in [-0.4, -0.2) is 50.8 Å². The zero-order valence-corrected chi connectivity index (χ0v) is 12.2. The number of hydrogen-bond donors (Lipinski definition) is 0. The van der Waals surface area contributed by atoms with Gasteiger partial charge in [0.15, 0.2) is 0 Å². The number of hydrogen-bond acceptors (Lipinski definition) is 3. The fourth-order valence-corrected chi connectivity index (χ4v) is 2.58. The first kappa shape index (κ1) is 14.7. The molecular weight excluding hydrogens is 250 g/mol. The average Bonchev–Trinajstić information content (AvgIpc) is 2.49. The van der Waals surface area contributed by atoms with Crippen LogP contribution in [0.2, 0.25) is 0 Å². The van der Waals surface area contributed by atoms with Crippen LogP contribution in [-0.2, 0) is 0 Å². The molecule has 1 aromatic carbocycles. The number of para-hydroxylation sites is 2. The smallest absolute Gasteiger partial charge is 0.215 e. The lowest BCUT2D eigenvalue weighted by molar-refractivity contribution is 0.256. The third-order valence-electron chi connectivity index (χ3n) is 3.62. The molecule has 108 valence electrons. The fraction of sp³-hybridized carbons (Fsp3) is 0.562. The van der Waals surface area contributed by atoms with E-state index in [1.807, 2.05) is 19.1 Å². The molecule has 1 heterocycles. The van der Waals surface area contributed by atoms with Crippen LogP contribution in [0.5, 0.6) is 5.75 Å². The minimum atomic E-state index is 0.646. The van der Waals surface area contributed by atoms with E-state index in [1.165, 1.54) is 5.69 Å². The van der Waals surface area contributed by atoms with Crippen LogP contribution in [0.1, 0.15) is 13.3 Å². The Labute approximate surface area is 121 Å². The molecule has 1 aliphatic rings. The highest BCUT2D eigenvalue weighted by atomic mass is 16.5. The van der Waals surface area contributed by atoms with E-state index >= 15 is 0 Å². The first-order valence-electron chi connectivity index (χ1n) is 7.37. The van der Waals surface area contributed by atoms with Gasteiger partial charge in [-0.1, -0.05) is 12.1 Å². The molecule has 0 amide bonds. The highest BCUT2D eigenvalue weighted by Crippen LogP contribution is 2.28. The average molecular weight is 273 g/mol. The second-order valence-corrected chi connectivity index (χ2v) is 4.96. The quantitative estimate of drug-likeness (QED) is 0.587. The first-order chi connectivity index (χ1) is 9.85. The summed E-state index contributed by atoms with van der Waals surface area (Å²) < 4.78 is 5.71. The third-order valence-corrected chi connectivity index (χ3v) is 3.62. The molecule has 1 aromatic rings. The Hall–Kier alpha value is -1.73. The van der Waals surface area contributed by atoms with E-state index in [4.69, 9.17) is 11.3 Å². The van der Waals surface area contributed by atoms with Crippen LogP contribution in [0.15, 0.2) is 24.3 Å². The van der Waals surface area contributed by atoms with Crippen molar-refractivity contribution >= 4 is 5.69 Å². The van der Waals surface area contributed by atoms with Crippen LogP contribution in [0.4, 0.5) is 5.69 Å². The second kappa shape index (κ2) is 7.76. The van der Waals surface area contributed by atoms with Crippen molar-refractivity contribution in [2.45, 2.75) is 13.3 Å². The van der Waals surface area contributed by atoms with Crippen LogP contribution < -0.4 is 9.64 Å². The summed E-state index contributed by atoms with van der Waals surface area (Å²) in [6.07, 6.45) is 0.985. The zero-order chi connectivity index (χ0) is 14.2. The molecule has 20 heavy (non-hydrogen) atoms. The van der Waals surface area contributed by atoms with E-state index in [2.05, 4.69) is 26.8 Å². The van der Waals surface area contributed by atoms with Gasteiger partial charge >= 0.3 is 0 Å². The molecule has 1 aliphatic heterocycles. The van der Waals surface area contributed by atoms with Crippen molar-refractivity contribution in [3.63, 3.8) is 0 Å². The van der Waals surface area contributed by atoms with Crippen LogP contribution in [0, 0.1) is 6.57 Å². The van der Waals surface area contributed by atoms with Crippen molar-refractivity contribution < 1.29 is 4.74 Å². The van der Waals surface area contributed by atoms with Gasteiger partial charge in [-0.05, 0) is 19.1 Å². The summed E-state index contributed by atoms with van der Waals surface area (Å²) in [6, 6.07) is 8.27. The van der Waals surface area contributed by atoms with Crippen molar-refractivity contribution in [2.75, 3.05) is 50.8 Å². The van der Waals surface area contributed by atoms with Crippen molar-refractivity contribution in [3.05, 3.63) is 35.7 Å². The normalized spacial score (nSPS) is 15.9. The maximum atomic E-state index is 6.81. The summed E-state index contributed by atoms with van der Waals surface area (Å²) in [6.45, 7) is 15.4. The molecule has 0 bridgehead atoms. The van der Waals surface area contributed by atoms with Gasteiger partial charge in [-0.15, -0.1) is 0 Å². The SMILES string of the molecule is [C-]#[N+]CCCN1CCN(c2ccccc2OCC)CC1. The van der Waals surface area contributed by atoms with Gasteiger partial charge in [0.1, 0.15) is 5.75 Å².